The SMILES string of the molecule is CN(C)C=CC(=O)c1cc(Cl)ncc1NC(=O)OC(C)(C)C. The average molecular weight is 326 g/mol. The number of nitrogens with zero attached hydrogens (tertiary/aromatic N) is 2. The largest absolute Gasteiger partial charge is 0.444 e. The van der Waals surface area contributed by atoms with Crippen LogP contribution in [0.5, 0.6) is 0 Å². The van der Waals surface area contributed by atoms with Crippen LogP contribution in [0.25, 0.3) is 0 Å². The molecule has 1 amide bonds. The van der Waals surface area contributed by atoms with Gasteiger partial charge in [-0.3, -0.25) is 10.1 Å². The van der Waals surface area contributed by atoms with E-state index in [1.54, 1.807) is 46.0 Å². The molecule has 1 heterocycles. The number of rotatable bonds is 4. The molecule has 0 bridgehead atoms. The van der Waals surface area contributed by atoms with Gasteiger partial charge in [0.15, 0.2) is 5.78 Å². The highest BCUT2D eigenvalue weighted by Gasteiger charge is 2.19. The minimum atomic E-state index is -0.665. The molecule has 0 aromatic carbocycles. The van der Waals surface area contributed by atoms with E-state index < -0.39 is 11.7 Å². The molecule has 0 atom stereocenters. The van der Waals surface area contributed by atoms with E-state index in [-0.39, 0.29) is 22.2 Å². The second kappa shape index (κ2) is 7.26. The lowest BCUT2D eigenvalue weighted by molar-refractivity contribution is 0.0636. The van der Waals surface area contributed by atoms with Crippen molar-refractivity contribution in [2.75, 3.05) is 19.4 Å². The smallest absolute Gasteiger partial charge is 0.412 e. The van der Waals surface area contributed by atoms with E-state index in [4.69, 9.17) is 16.3 Å². The van der Waals surface area contributed by atoms with Crippen LogP contribution in [0.15, 0.2) is 24.5 Å². The summed E-state index contributed by atoms with van der Waals surface area (Å²) in [6.45, 7) is 5.25. The maximum atomic E-state index is 12.2. The monoisotopic (exact) mass is 325 g/mol. The molecule has 6 nitrogen and oxygen atoms in total. The van der Waals surface area contributed by atoms with Crippen LogP contribution in [0.2, 0.25) is 5.15 Å². The molecule has 7 heteroatoms. The number of ketones is 1. The number of carbonyl (C=O) groups is 2. The molecule has 0 aliphatic heterocycles. The molecule has 22 heavy (non-hydrogen) atoms. The van der Waals surface area contributed by atoms with Gasteiger partial charge in [0.25, 0.3) is 0 Å². The molecule has 0 unspecified atom stereocenters. The normalized spacial score (nSPS) is 11.4. The Balaban J connectivity index is 3.01. The highest BCUT2D eigenvalue weighted by atomic mass is 35.5. The predicted molar refractivity (Wildman–Crippen MR) is 86.3 cm³/mol. The molecule has 0 saturated heterocycles. The molecule has 0 aliphatic rings. The molecule has 0 saturated carbocycles. The number of hydrogen-bond acceptors (Lipinski definition) is 5. The molecule has 0 spiro atoms. The second-order valence-corrected chi connectivity index (χ2v) is 6.21. The fourth-order valence-electron chi connectivity index (χ4n) is 1.45. The van der Waals surface area contributed by atoms with E-state index >= 15 is 0 Å². The number of amides is 1. The molecule has 1 aromatic heterocycles. The van der Waals surface area contributed by atoms with Crippen molar-refractivity contribution in [2.45, 2.75) is 26.4 Å². The van der Waals surface area contributed by atoms with Gasteiger partial charge in [0.2, 0.25) is 0 Å². The number of allylic oxidation sites excluding steroid dienone is 1. The Bertz CT molecular complexity index is 592. The van der Waals surface area contributed by atoms with Gasteiger partial charge < -0.3 is 9.64 Å². The third-order valence-corrected chi connectivity index (χ3v) is 2.50. The predicted octanol–water partition coefficient (Wildman–Crippen LogP) is 3.34. The Hall–Kier alpha value is -2.08. The zero-order chi connectivity index (χ0) is 16.9. The van der Waals surface area contributed by atoms with Crippen molar-refractivity contribution in [3.8, 4) is 0 Å². The number of hydrogen-bond donors (Lipinski definition) is 1. The van der Waals surface area contributed by atoms with Crippen molar-refractivity contribution >= 4 is 29.2 Å². The van der Waals surface area contributed by atoms with Gasteiger partial charge in [0.1, 0.15) is 10.8 Å². The second-order valence-electron chi connectivity index (χ2n) is 5.82. The zero-order valence-electron chi connectivity index (χ0n) is 13.3. The Labute approximate surface area is 135 Å². The lowest BCUT2D eigenvalue weighted by Gasteiger charge is -2.20. The number of carbonyl (C=O) groups excluding carboxylic acids is 2. The Kier molecular flexibility index (Phi) is 5.93. The average Bonchev–Trinajstić information content (AvgIpc) is 2.35. The maximum absolute atomic E-state index is 12.2. The zero-order valence-corrected chi connectivity index (χ0v) is 14.1. The lowest BCUT2D eigenvalue weighted by Crippen LogP contribution is -2.27. The minimum absolute atomic E-state index is 0.163. The first kappa shape index (κ1) is 18.0. The minimum Gasteiger partial charge on any atom is -0.444 e. The van der Waals surface area contributed by atoms with Gasteiger partial charge >= 0.3 is 6.09 Å². The maximum Gasteiger partial charge on any atom is 0.412 e. The molecule has 1 N–H and O–H groups in total. The first-order chi connectivity index (χ1) is 10.1. The number of ether oxygens (including phenoxy) is 1. The standard InChI is InChI=1S/C15H20ClN3O3/c1-15(2,3)22-14(21)18-11-9-17-13(16)8-10(11)12(20)6-7-19(4)5/h6-9H,1-5H3,(H,18,21). The summed E-state index contributed by atoms with van der Waals surface area (Å²) >= 11 is 5.82. The van der Waals surface area contributed by atoms with Crippen LogP contribution in [-0.4, -0.2) is 41.5 Å². The van der Waals surface area contributed by atoms with Crippen LogP contribution >= 0.6 is 11.6 Å². The van der Waals surface area contributed by atoms with Crippen LogP contribution in [0.3, 0.4) is 0 Å². The van der Waals surface area contributed by atoms with Gasteiger partial charge in [-0.05, 0) is 26.8 Å². The van der Waals surface area contributed by atoms with E-state index in [0.29, 0.717) is 0 Å². The highest BCUT2D eigenvalue weighted by Crippen LogP contribution is 2.20. The van der Waals surface area contributed by atoms with Gasteiger partial charge in [0.05, 0.1) is 17.4 Å². The summed E-state index contributed by atoms with van der Waals surface area (Å²) < 4.78 is 5.16. The van der Waals surface area contributed by atoms with Crippen LogP contribution in [0, 0.1) is 0 Å². The van der Waals surface area contributed by atoms with Crippen LogP contribution < -0.4 is 5.32 Å². The van der Waals surface area contributed by atoms with E-state index in [0.717, 1.165) is 0 Å². The molecule has 0 fully saturated rings. The van der Waals surface area contributed by atoms with E-state index in [1.165, 1.54) is 18.3 Å². The molecular formula is C15H20ClN3O3. The van der Waals surface area contributed by atoms with Crippen molar-refractivity contribution in [2.24, 2.45) is 0 Å². The fraction of sp³-hybridized carbons (Fsp3) is 0.400. The number of aromatic nitrogens is 1. The molecule has 0 radical (unpaired) electrons. The molecule has 1 rings (SSSR count). The summed E-state index contributed by atoms with van der Waals surface area (Å²) in [5.74, 6) is -0.302. The van der Waals surface area contributed by atoms with Gasteiger partial charge in [-0.2, -0.15) is 0 Å². The van der Waals surface area contributed by atoms with E-state index in [2.05, 4.69) is 10.3 Å². The quantitative estimate of drug-likeness (QED) is 0.522. The van der Waals surface area contributed by atoms with Crippen molar-refractivity contribution in [1.29, 1.82) is 0 Å². The Morgan fingerprint density at radius 1 is 1.36 bits per heavy atom. The van der Waals surface area contributed by atoms with Crippen molar-refractivity contribution < 1.29 is 14.3 Å². The van der Waals surface area contributed by atoms with Crippen molar-refractivity contribution in [1.82, 2.24) is 9.88 Å². The summed E-state index contributed by atoms with van der Waals surface area (Å²) in [5, 5.41) is 2.68. The van der Waals surface area contributed by atoms with Gasteiger partial charge in [0, 0.05) is 26.4 Å². The number of anilines is 1. The van der Waals surface area contributed by atoms with Crippen molar-refractivity contribution in [3.63, 3.8) is 0 Å². The first-order valence-corrected chi connectivity index (χ1v) is 7.01. The molecule has 0 aliphatic carbocycles. The molecule has 1 aromatic rings. The van der Waals surface area contributed by atoms with Crippen LogP contribution in [0.4, 0.5) is 10.5 Å². The van der Waals surface area contributed by atoms with E-state index in [1.807, 2.05) is 0 Å². The van der Waals surface area contributed by atoms with Crippen molar-refractivity contribution in [3.05, 3.63) is 35.3 Å². The van der Waals surface area contributed by atoms with Gasteiger partial charge in [-0.15, -0.1) is 0 Å². The Morgan fingerprint density at radius 3 is 2.55 bits per heavy atom. The Morgan fingerprint density at radius 2 is 2.00 bits per heavy atom. The summed E-state index contributed by atoms with van der Waals surface area (Å²) in [4.78, 5) is 29.6. The van der Waals surface area contributed by atoms with E-state index in [9.17, 15) is 9.59 Å². The molecular weight excluding hydrogens is 306 g/mol. The van der Waals surface area contributed by atoms with Crippen LogP contribution in [-0.2, 0) is 4.74 Å². The number of nitrogens with one attached hydrogen (secondary N) is 1. The third kappa shape index (κ3) is 6.13. The summed E-state index contributed by atoms with van der Waals surface area (Å²) in [6.07, 6.45) is 3.64. The summed E-state index contributed by atoms with van der Waals surface area (Å²) in [7, 11) is 3.59. The number of halogens is 1. The van der Waals surface area contributed by atoms with Crippen LogP contribution in [0.1, 0.15) is 31.1 Å². The summed E-state index contributed by atoms with van der Waals surface area (Å²) in [6, 6.07) is 1.40. The topological polar surface area (TPSA) is 71.5 Å². The summed E-state index contributed by atoms with van der Waals surface area (Å²) in [5.41, 5.74) is -0.158. The first-order valence-electron chi connectivity index (χ1n) is 6.63. The lowest BCUT2D eigenvalue weighted by atomic mass is 10.1. The van der Waals surface area contributed by atoms with Gasteiger partial charge in [-0.1, -0.05) is 11.6 Å². The third-order valence-electron chi connectivity index (χ3n) is 2.30. The number of pyridine rings is 1. The fourth-order valence-corrected chi connectivity index (χ4v) is 1.61. The highest BCUT2D eigenvalue weighted by molar-refractivity contribution is 6.30. The molecule has 120 valence electrons. The van der Waals surface area contributed by atoms with Gasteiger partial charge in [-0.25, -0.2) is 9.78 Å².